The van der Waals surface area contributed by atoms with Gasteiger partial charge < -0.3 is 14.5 Å². The minimum absolute atomic E-state index is 0.0171. The standard InChI is InChI=1S/C20H30N2O/c1-20(16-8-5-9-17(14-16)21(2)3)12-6-11-19(20)23-15-18-10-7-13-22(18)4/h5,8-9,11,14,18H,6-7,10,12-13,15H2,1-4H3/t18-,20+/m0/s1. The fourth-order valence-corrected chi connectivity index (χ4v) is 3.85. The van der Waals surface area contributed by atoms with Crippen molar-refractivity contribution in [1.82, 2.24) is 4.90 Å². The summed E-state index contributed by atoms with van der Waals surface area (Å²) in [5.41, 5.74) is 2.64. The Hall–Kier alpha value is -1.48. The van der Waals surface area contributed by atoms with Gasteiger partial charge in [0.25, 0.3) is 0 Å². The number of hydrogen-bond acceptors (Lipinski definition) is 3. The van der Waals surface area contributed by atoms with Gasteiger partial charge in [-0.1, -0.05) is 12.1 Å². The number of benzene rings is 1. The van der Waals surface area contributed by atoms with Gasteiger partial charge in [0.1, 0.15) is 12.4 Å². The maximum atomic E-state index is 6.33. The first kappa shape index (κ1) is 16.4. The molecule has 126 valence electrons. The molecule has 3 nitrogen and oxygen atoms in total. The van der Waals surface area contributed by atoms with E-state index in [0.717, 1.165) is 19.4 Å². The average molecular weight is 314 g/mol. The number of hydrogen-bond donors (Lipinski definition) is 0. The first-order valence-electron chi connectivity index (χ1n) is 8.82. The summed E-state index contributed by atoms with van der Waals surface area (Å²) in [7, 11) is 6.41. The molecule has 0 unspecified atom stereocenters. The molecule has 1 aliphatic heterocycles. The van der Waals surface area contributed by atoms with Crippen molar-refractivity contribution < 1.29 is 4.74 Å². The second kappa shape index (κ2) is 6.56. The molecule has 1 aromatic carbocycles. The van der Waals surface area contributed by atoms with Crippen molar-refractivity contribution in [3.8, 4) is 0 Å². The number of rotatable bonds is 5. The van der Waals surface area contributed by atoms with Gasteiger partial charge >= 0.3 is 0 Å². The summed E-state index contributed by atoms with van der Waals surface area (Å²) in [6.07, 6.45) is 7.11. The van der Waals surface area contributed by atoms with E-state index < -0.39 is 0 Å². The smallest absolute Gasteiger partial charge is 0.103 e. The van der Waals surface area contributed by atoms with Gasteiger partial charge in [-0.2, -0.15) is 0 Å². The summed E-state index contributed by atoms with van der Waals surface area (Å²) < 4.78 is 6.33. The number of allylic oxidation sites excluding steroid dienone is 2. The molecule has 0 radical (unpaired) electrons. The Bertz CT molecular complexity index is 581. The zero-order chi connectivity index (χ0) is 16.4. The van der Waals surface area contributed by atoms with Crippen molar-refractivity contribution in [3.05, 3.63) is 41.7 Å². The molecule has 1 aromatic rings. The van der Waals surface area contributed by atoms with Gasteiger partial charge in [-0.25, -0.2) is 0 Å². The quantitative estimate of drug-likeness (QED) is 0.822. The van der Waals surface area contributed by atoms with Gasteiger partial charge in [-0.05, 0) is 70.0 Å². The maximum absolute atomic E-state index is 6.33. The molecule has 1 heterocycles. The van der Waals surface area contributed by atoms with E-state index in [1.165, 1.54) is 36.4 Å². The lowest BCUT2D eigenvalue weighted by Crippen LogP contribution is -2.31. The van der Waals surface area contributed by atoms with Crippen LogP contribution in [0.4, 0.5) is 5.69 Å². The van der Waals surface area contributed by atoms with Crippen LogP contribution in [0.5, 0.6) is 0 Å². The summed E-state index contributed by atoms with van der Waals surface area (Å²) >= 11 is 0. The Morgan fingerprint density at radius 1 is 1.35 bits per heavy atom. The SMILES string of the molecule is CN(C)c1cccc([C@@]2(C)CCC=C2OC[C@@H]2CCCN2C)c1. The molecular weight excluding hydrogens is 284 g/mol. The van der Waals surface area contributed by atoms with Crippen LogP contribution in [0.3, 0.4) is 0 Å². The molecule has 0 saturated carbocycles. The molecule has 3 heteroatoms. The van der Waals surface area contributed by atoms with Gasteiger partial charge in [0.2, 0.25) is 0 Å². The van der Waals surface area contributed by atoms with E-state index in [4.69, 9.17) is 4.74 Å². The fourth-order valence-electron chi connectivity index (χ4n) is 3.85. The molecule has 0 N–H and O–H groups in total. The van der Waals surface area contributed by atoms with Crippen molar-refractivity contribution in [2.75, 3.05) is 39.2 Å². The summed E-state index contributed by atoms with van der Waals surface area (Å²) in [6.45, 7) is 4.36. The first-order valence-corrected chi connectivity index (χ1v) is 8.82. The minimum Gasteiger partial charge on any atom is -0.496 e. The highest BCUT2D eigenvalue weighted by Gasteiger charge is 2.37. The zero-order valence-electron chi connectivity index (χ0n) is 15.0. The molecule has 3 rings (SSSR count). The van der Waals surface area contributed by atoms with E-state index >= 15 is 0 Å². The molecule has 1 saturated heterocycles. The third-order valence-corrected chi connectivity index (χ3v) is 5.62. The van der Waals surface area contributed by atoms with Crippen molar-refractivity contribution in [1.29, 1.82) is 0 Å². The maximum Gasteiger partial charge on any atom is 0.103 e. The second-order valence-corrected chi connectivity index (χ2v) is 7.47. The van der Waals surface area contributed by atoms with Crippen LogP contribution in [0.1, 0.15) is 38.2 Å². The van der Waals surface area contributed by atoms with Crippen LogP contribution in [0.25, 0.3) is 0 Å². The van der Waals surface area contributed by atoms with Crippen LogP contribution < -0.4 is 4.90 Å². The first-order chi connectivity index (χ1) is 11.0. The third kappa shape index (κ3) is 3.25. The van der Waals surface area contributed by atoms with Crippen LogP contribution in [0.15, 0.2) is 36.1 Å². The van der Waals surface area contributed by atoms with Crippen LogP contribution in [-0.2, 0) is 10.2 Å². The molecule has 0 bridgehead atoms. The van der Waals surface area contributed by atoms with E-state index in [1.54, 1.807) is 0 Å². The topological polar surface area (TPSA) is 15.7 Å². The Kier molecular flexibility index (Phi) is 4.67. The van der Waals surface area contributed by atoms with Gasteiger partial charge in [0, 0.05) is 31.2 Å². The molecule has 0 amide bonds. The summed E-state index contributed by atoms with van der Waals surface area (Å²) in [6, 6.07) is 9.46. The van der Waals surface area contributed by atoms with E-state index in [-0.39, 0.29) is 5.41 Å². The predicted octanol–water partition coefficient (Wildman–Crippen LogP) is 3.80. The highest BCUT2D eigenvalue weighted by atomic mass is 16.5. The van der Waals surface area contributed by atoms with Crippen LogP contribution >= 0.6 is 0 Å². The normalized spacial score (nSPS) is 28.0. The van der Waals surface area contributed by atoms with E-state index in [9.17, 15) is 0 Å². The van der Waals surface area contributed by atoms with Crippen LogP contribution in [-0.4, -0.2) is 45.2 Å². The lowest BCUT2D eigenvalue weighted by atomic mass is 9.80. The molecular formula is C20H30N2O. The predicted molar refractivity (Wildman–Crippen MR) is 97.0 cm³/mol. The summed E-state index contributed by atoms with van der Waals surface area (Å²) in [5, 5.41) is 0. The Morgan fingerprint density at radius 3 is 2.87 bits per heavy atom. The molecule has 1 aliphatic carbocycles. The number of ether oxygens (including phenoxy) is 1. The van der Waals surface area contributed by atoms with Gasteiger partial charge in [0.05, 0.1) is 0 Å². The van der Waals surface area contributed by atoms with Crippen molar-refractivity contribution in [2.24, 2.45) is 0 Å². The molecule has 0 spiro atoms. The molecule has 0 aromatic heterocycles. The monoisotopic (exact) mass is 314 g/mol. The van der Waals surface area contributed by atoms with Gasteiger partial charge in [0.15, 0.2) is 0 Å². The van der Waals surface area contributed by atoms with Crippen LogP contribution in [0.2, 0.25) is 0 Å². The molecule has 23 heavy (non-hydrogen) atoms. The van der Waals surface area contributed by atoms with Gasteiger partial charge in [-0.3, -0.25) is 0 Å². The van der Waals surface area contributed by atoms with Crippen molar-refractivity contribution in [3.63, 3.8) is 0 Å². The molecule has 2 aliphatic rings. The molecule has 1 fully saturated rings. The fraction of sp³-hybridized carbons (Fsp3) is 0.600. The minimum atomic E-state index is 0.0171. The number of anilines is 1. The van der Waals surface area contributed by atoms with E-state index in [0.29, 0.717) is 6.04 Å². The van der Waals surface area contributed by atoms with E-state index in [1.807, 2.05) is 0 Å². The van der Waals surface area contributed by atoms with E-state index in [2.05, 4.69) is 68.2 Å². The number of nitrogens with zero attached hydrogens (tertiary/aromatic N) is 2. The lowest BCUT2D eigenvalue weighted by Gasteiger charge is -2.31. The zero-order valence-corrected chi connectivity index (χ0v) is 15.0. The van der Waals surface area contributed by atoms with Gasteiger partial charge in [-0.15, -0.1) is 0 Å². The summed E-state index contributed by atoms with van der Waals surface area (Å²) in [5.74, 6) is 1.17. The van der Waals surface area contributed by atoms with Crippen LogP contribution in [0, 0.1) is 0 Å². The highest BCUT2D eigenvalue weighted by molar-refractivity contribution is 5.51. The molecule has 2 atom stereocenters. The average Bonchev–Trinajstić information content (AvgIpc) is 3.12. The summed E-state index contributed by atoms with van der Waals surface area (Å²) in [4.78, 5) is 4.60. The Morgan fingerprint density at radius 2 is 2.17 bits per heavy atom. The Balaban J connectivity index is 1.75. The largest absolute Gasteiger partial charge is 0.496 e. The second-order valence-electron chi connectivity index (χ2n) is 7.47. The van der Waals surface area contributed by atoms with Crippen molar-refractivity contribution in [2.45, 2.75) is 44.1 Å². The number of likely N-dealkylation sites (N-methyl/N-ethyl adjacent to an activating group) is 1. The number of likely N-dealkylation sites (tertiary alicyclic amines) is 1. The Labute approximate surface area is 140 Å². The van der Waals surface area contributed by atoms with Crippen molar-refractivity contribution >= 4 is 5.69 Å². The lowest BCUT2D eigenvalue weighted by molar-refractivity contribution is 0.116. The third-order valence-electron chi connectivity index (χ3n) is 5.62. The highest BCUT2D eigenvalue weighted by Crippen LogP contribution is 2.43.